The Kier molecular flexibility index (Phi) is 3.76. The Labute approximate surface area is 114 Å². The summed E-state index contributed by atoms with van der Waals surface area (Å²) in [5.74, 6) is 1.24. The van der Waals surface area contributed by atoms with E-state index >= 15 is 0 Å². The van der Waals surface area contributed by atoms with E-state index in [1.165, 1.54) is 12.0 Å². The molecule has 0 saturated carbocycles. The molecule has 2 saturated heterocycles. The Hall–Kier alpha value is -1.06. The van der Waals surface area contributed by atoms with Crippen molar-refractivity contribution in [3.05, 3.63) is 29.8 Å². The molecule has 1 N–H and O–H groups in total. The van der Waals surface area contributed by atoms with Gasteiger partial charge in [0.2, 0.25) is 0 Å². The molecule has 2 heterocycles. The average molecular weight is 262 g/mol. The molecule has 2 bridgehead atoms. The van der Waals surface area contributed by atoms with Crippen LogP contribution in [0, 0.1) is 5.92 Å². The van der Waals surface area contributed by atoms with E-state index in [0.717, 1.165) is 31.4 Å². The lowest BCUT2D eigenvalue weighted by Gasteiger charge is -2.24. The number of hydrogen-bond donors (Lipinski definition) is 1. The van der Waals surface area contributed by atoms with Crippen molar-refractivity contribution in [2.75, 3.05) is 7.11 Å². The third kappa shape index (κ3) is 2.77. The molecule has 19 heavy (non-hydrogen) atoms. The lowest BCUT2D eigenvalue weighted by atomic mass is 9.83. The highest BCUT2D eigenvalue weighted by Crippen LogP contribution is 2.41. The van der Waals surface area contributed by atoms with Crippen molar-refractivity contribution in [2.45, 2.75) is 50.4 Å². The van der Waals surface area contributed by atoms with Crippen LogP contribution in [0.25, 0.3) is 0 Å². The van der Waals surface area contributed by atoms with Crippen LogP contribution >= 0.6 is 0 Å². The molecule has 2 aliphatic rings. The Morgan fingerprint density at radius 3 is 2.68 bits per heavy atom. The molecule has 0 amide bonds. The number of methoxy groups -OCH3 is 1. The smallest absolute Gasteiger partial charge is 0.118 e. The molecule has 2 fully saturated rings. The van der Waals surface area contributed by atoms with Gasteiger partial charge in [0.05, 0.1) is 25.4 Å². The van der Waals surface area contributed by atoms with Gasteiger partial charge in [-0.05, 0) is 49.8 Å². The maximum Gasteiger partial charge on any atom is 0.118 e. The van der Waals surface area contributed by atoms with Crippen molar-refractivity contribution in [1.29, 1.82) is 0 Å². The standard InChI is InChI=1S/C16H22O3/c1-18-12-5-2-11(3-6-12)4-8-15(17)14-10-13-7-9-16(14)19-13/h2-3,5-6,13-17H,4,7-10H2,1H3. The van der Waals surface area contributed by atoms with Gasteiger partial charge in [-0.15, -0.1) is 0 Å². The summed E-state index contributed by atoms with van der Waals surface area (Å²) in [5.41, 5.74) is 1.25. The number of hydrogen-bond acceptors (Lipinski definition) is 3. The first-order valence-corrected chi connectivity index (χ1v) is 7.22. The molecule has 0 spiro atoms. The van der Waals surface area contributed by atoms with Crippen molar-refractivity contribution >= 4 is 0 Å². The van der Waals surface area contributed by atoms with Crippen LogP contribution in [0.15, 0.2) is 24.3 Å². The molecule has 3 nitrogen and oxygen atoms in total. The molecule has 3 heteroatoms. The third-order valence-corrected chi connectivity index (χ3v) is 4.54. The minimum absolute atomic E-state index is 0.225. The van der Waals surface area contributed by atoms with E-state index in [9.17, 15) is 5.11 Å². The molecule has 104 valence electrons. The van der Waals surface area contributed by atoms with Crippen LogP contribution in [0.4, 0.5) is 0 Å². The molecule has 4 unspecified atom stereocenters. The Morgan fingerprint density at radius 1 is 1.32 bits per heavy atom. The summed E-state index contributed by atoms with van der Waals surface area (Å²) in [5, 5.41) is 10.3. The van der Waals surface area contributed by atoms with Gasteiger partial charge in [0.1, 0.15) is 5.75 Å². The topological polar surface area (TPSA) is 38.7 Å². The molecular weight excluding hydrogens is 240 g/mol. The molecule has 3 rings (SSSR count). The van der Waals surface area contributed by atoms with Crippen molar-refractivity contribution in [1.82, 2.24) is 0 Å². The minimum Gasteiger partial charge on any atom is -0.497 e. The largest absolute Gasteiger partial charge is 0.497 e. The van der Waals surface area contributed by atoms with Gasteiger partial charge in [-0.3, -0.25) is 0 Å². The van der Waals surface area contributed by atoms with E-state index in [2.05, 4.69) is 12.1 Å². The van der Waals surface area contributed by atoms with Crippen LogP contribution in [0.3, 0.4) is 0 Å². The predicted octanol–water partition coefficient (Wildman–Crippen LogP) is 2.56. The minimum atomic E-state index is -0.225. The number of ether oxygens (including phenoxy) is 2. The molecule has 2 aliphatic heterocycles. The number of aliphatic hydroxyl groups is 1. The molecule has 0 aliphatic carbocycles. The monoisotopic (exact) mass is 262 g/mol. The lowest BCUT2D eigenvalue weighted by molar-refractivity contribution is 0.0391. The van der Waals surface area contributed by atoms with Crippen molar-refractivity contribution in [3.63, 3.8) is 0 Å². The van der Waals surface area contributed by atoms with Gasteiger partial charge in [-0.1, -0.05) is 12.1 Å². The Bertz CT molecular complexity index is 415. The summed E-state index contributed by atoms with van der Waals surface area (Å²) >= 11 is 0. The quantitative estimate of drug-likeness (QED) is 0.886. The highest BCUT2D eigenvalue weighted by Gasteiger charge is 2.43. The number of aryl methyl sites for hydroxylation is 1. The summed E-state index contributed by atoms with van der Waals surface area (Å²) < 4.78 is 11.0. The summed E-state index contributed by atoms with van der Waals surface area (Å²) in [4.78, 5) is 0. The SMILES string of the molecule is COc1ccc(CCC(O)C2CC3CCC2O3)cc1. The first kappa shape index (κ1) is 12.9. The first-order valence-electron chi connectivity index (χ1n) is 7.22. The zero-order chi connectivity index (χ0) is 13.2. The van der Waals surface area contributed by atoms with Gasteiger partial charge < -0.3 is 14.6 Å². The second kappa shape index (κ2) is 5.51. The molecule has 0 aromatic heterocycles. The van der Waals surface area contributed by atoms with Crippen LogP contribution in [-0.2, 0) is 11.2 Å². The van der Waals surface area contributed by atoms with Gasteiger partial charge in [0.25, 0.3) is 0 Å². The maximum absolute atomic E-state index is 10.3. The summed E-state index contributed by atoms with van der Waals surface area (Å²) in [7, 11) is 1.67. The van der Waals surface area contributed by atoms with E-state index in [4.69, 9.17) is 9.47 Å². The molecular formula is C16H22O3. The van der Waals surface area contributed by atoms with Crippen molar-refractivity contribution in [3.8, 4) is 5.75 Å². The lowest BCUT2D eigenvalue weighted by Crippen LogP contribution is -2.29. The Morgan fingerprint density at radius 2 is 2.11 bits per heavy atom. The molecule has 1 aromatic carbocycles. The zero-order valence-electron chi connectivity index (χ0n) is 11.4. The number of fused-ring (bicyclic) bond motifs is 2. The predicted molar refractivity (Wildman–Crippen MR) is 73.3 cm³/mol. The normalized spacial score (nSPS) is 30.5. The van der Waals surface area contributed by atoms with E-state index in [1.807, 2.05) is 12.1 Å². The van der Waals surface area contributed by atoms with Crippen molar-refractivity contribution < 1.29 is 14.6 Å². The number of rotatable bonds is 5. The molecule has 0 radical (unpaired) electrons. The van der Waals surface area contributed by atoms with Gasteiger partial charge >= 0.3 is 0 Å². The van der Waals surface area contributed by atoms with Crippen LogP contribution < -0.4 is 4.74 Å². The summed E-state index contributed by atoms with van der Waals surface area (Å²) in [6.07, 6.45) is 5.62. The molecule has 4 atom stereocenters. The number of aliphatic hydroxyl groups excluding tert-OH is 1. The fourth-order valence-electron chi connectivity index (χ4n) is 3.40. The highest BCUT2D eigenvalue weighted by molar-refractivity contribution is 5.27. The highest BCUT2D eigenvalue weighted by atomic mass is 16.5. The number of benzene rings is 1. The van der Waals surface area contributed by atoms with Crippen molar-refractivity contribution in [2.24, 2.45) is 5.92 Å². The van der Waals surface area contributed by atoms with E-state index in [-0.39, 0.29) is 6.10 Å². The fraction of sp³-hybridized carbons (Fsp3) is 0.625. The average Bonchev–Trinajstić information content (AvgIpc) is 3.08. The van der Waals surface area contributed by atoms with Gasteiger partial charge in [0.15, 0.2) is 0 Å². The van der Waals surface area contributed by atoms with Gasteiger partial charge in [0, 0.05) is 5.92 Å². The summed E-state index contributed by atoms with van der Waals surface area (Å²) in [6, 6.07) is 8.09. The van der Waals surface area contributed by atoms with E-state index in [0.29, 0.717) is 18.1 Å². The third-order valence-electron chi connectivity index (χ3n) is 4.54. The van der Waals surface area contributed by atoms with E-state index in [1.54, 1.807) is 7.11 Å². The molecule has 1 aromatic rings. The van der Waals surface area contributed by atoms with Crippen LogP contribution in [0.2, 0.25) is 0 Å². The van der Waals surface area contributed by atoms with E-state index < -0.39 is 0 Å². The van der Waals surface area contributed by atoms with Crippen LogP contribution in [0.5, 0.6) is 5.75 Å². The summed E-state index contributed by atoms with van der Waals surface area (Å²) in [6.45, 7) is 0. The van der Waals surface area contributed by atoms with Crippen LogP contribution in [-0.4, -0.2) is 30.5 Å². The second-order valence-corrected chi connectivity index (χ2v) is 5.73. The second-order valence-electron chi connectivity index (χ2n) is 5.73. The fourth-order valence-corrected chi connectivity index (χ4v) is 3.40. The zero-order valence-corrected chi connectivity index (χ0v) is 11.4. The Balaban J connectivity index is 1.51. The van der Waals surface area contributed by atoms with Gasteiger partial charge in [-0.25, -0.2) is 0 Å². The maximum atomic E-state index is 10.3. The first-order chi connectivity index (χ1) is 9.26. The van der Waals surface area contributed by atoms with Gasteiger partial charge in [-0.2, -0.15) is 0 Å². The van der Waals surface area contributed by atoms with Crippen LogP contribution in [0.1, 0.15) is 31.2 Å².